The van der Waals surface area contributed by atoms with E-state index in [4.69, 9.17) is 4.74 Å². The topological polar surface area (TPSA) is 58.6 Å². The standard InChI is InChI=1S/C22H25NO3/c24-13-15-7-1-6-12-21(15)23-22(25)26-14-20-18-10-4-2-8-16(18)17-9-3-5-11-19(17)20/h2-5,8-11,15,20-21,24H,1,6-7,12-14H2,(H,23,25)/t15-,21+/m0/s1. The molecule has 0 saturated heterocycles. The number of fused-ring (bicyclic) bond motifs is 3. The van der Waals surface area contributed by atoms with Crippen molar-refractivity contribution >= 4 is 6.09 Å². The van der Waals surface area contributed by atoms with Gasteiger partial charge in [0, 0.05) is 24.5 Å². The first-order valence-corrected chi connectivity index (χ1v) is 9.50. The molecule has 0 spiro atoms. The normalized spacial score (nSPS) is 21.7. The van der Waals surface area contributed by atoms with Crippen molar-refractivity contribution in [1.82, 2.24) is 5.32 Å². The van der Waals surface area contributed by atoms with Gasteiger partial charge in [0.1, 0.15) is 6.61 Å². The zero-order valence-corrected chi connectivity index (χ0v) is 14.9. The minimum absolute atomic E-state index is 0.0180. The van der Waals surface area contributed by atoms with E-state index >= 15 is 0 Å². The van der Waals surface area contributed by atoms with Gasteiger partial charge in [-0.1, -0.05) is 61.4 Å². The van der Waals surface area contributed by atoms with Crippen LogP contribution < -0.4 is 5.32 Å². The van der Waals surface area contributed by atoms with E-state index in [2.05, 4.69) is 29.6 Å². The van der Waals surface area contributed by atoms with E-state index in [1.54, 1.807) is 0 Å². The van der Waals surface area contributed by atoms with Gasteiger partial charge in [-0.2, -0.15) is 0 Å². The molecule has 0 radical (unpaired) electrons. The molecule has 2 aliphatic carbocycles. The van der Waals surface area contributed by atoms with Crippen LogP contribution in [-0.2, 0) is 4.74 Å². The Balaban J connectivity index is 1.44. The molecule has 4 nitrogen and oxygen atoms in total. The number of rotatable bonds is 4. The van der Waals surface area contributed by atoms with Gasteiger partial charge in [0.15, 0.2) is 0 Å². The third-order valence-corrected chi connectivity index (χ3v) is 5.79. The molecule has 4 rings (SSSR count). The van der Waals surface area contributed by atoms with Gasteiger partial charge in [0.25, 0.3) is 0 Å². The fourth-order valence-corrected chi connectivity index (χ4v) is 4.41. The molecule has 1 saturated carbocycles. The Kier molecular flexibility index (Phi) is 4.93. The molecule has 1 amide bonds. The maximum atomic E-state index is 12.3. The molecule has 1 fully saturated rings. The predicted molar refractivity (Wildman–Crippen MR) is 101 cm³/mol. The molecule has 2 N–H and O–H groups in total. The molecule has 26 heavy (non-hydrogen) atoms. The number of hydrogen-bond donors (Lipinski definition) is 2. The van der Waals surface area contributed by atoms with Crippen LogP contribution in [0.5, 0.6) is 0 Å². The van der Waals surface area contributed by atoms with E-state index in [0.717, 1.165) is 25.7 Å². The highest BCUT2D eigenvalue weighted by Gasteiger charge is 2.30. The van der Waals surface area contributed by atoms with Gasteiger partial charge in [-0.3, -0.25) is 0 Å². The zero-order valence-electron chi connectivity index (χ0n) is 14.9. The minimum atomic E-state index is -0.378. The molecule has 0 aromatic heterocycles. The van der Waals surface area contributed by atoms with Gasteiger partial charge >= 0.3 is 6.09 Å². The maximum Gasteiger partial charge on any atom is 0.407 e. The lowest BCUT2D eigenvalue weighted by Crippen LogP contribution is -2.43. The van der Waals surface area contributed by atoms with Crippen molar-refractivity contribution in [1.29, 1.82) is 0 Å². The Morgan fingerprint density at radius 2 is 1.62 bits per heavy atom. The number of carbonyl (C=O) groups is 1. The Morgan fingerprint density at radius 1 is 1.00 bits per heavy atom. The first-order valence-electron chi connectivity index (χ1n) is 9.50. The Bertz CT molecular complexity index is 743. The number of alkyl carbamates (subject to hydrolysis) is 1. The summed E-state index contributed by atoms with van der Waals surface area (Å²) in [6, 6.07) is 16.7. The fraction of sp³-hybridized carbons (Fsp3) is 0.409. The smallest absolute Gasteiger partial charge is 0.407 e. The number of benzene rings is 2. The molecular weight excluding hydrogens is 326 g/mol. The molecule has 136 valence electrons. The van der Waals surface area contributed by atoms with Crippen molar-refractivity contribution in [2.45, 2.75) is 37.6 Å². The fourth-order valence-electron chi connectivity index (χ4n) is 4.41. The molecule has 2 aliphatic rings. The van der Waals surface area contributed by atoms with Gasteiger partial charge in [-0.25, -0.2) is 4.79 Å². The summed E-state index contributed by atoms with van der Waals surface area (Å²) in [5.41, 5.74) is 4.88. The second kappa shape index (κ2) is 7.50. The predicted octanol–water partition coefficient (Wildman–Crippen LogP) is 4.08. The lowest BCUT2D eigenvalue weighted by molar-refractivity contribution is 0.116. The number of carbonyl (C=O) groups excluding carboxylic acids is 1. The van der Waals surface area contributed by atoms with Crippen molar-refractivity contribution in [3.63, 3.8) is 0 Å². The third-order valence-electron chi connectivity index (χ3n) is 5.79. The lowest BCUT2D eigenvalue weighted by Gasteiger charge is -2.30. The van der Waals surface area contributed by atoms with Crippen molar-refractivity contribution in [3.05, 3.63) is 59.7 Å². The summed E-state index contributed by atoms with van der Waals surface area (Å²) in [6.07, 6.45) is 3.70. The van der Waals surface area contributed by atoms with Crippen LogP contribution in [0.2, 0.25) is 0 Å². The Labute approximate surface area is 154 Å². The quantitative estimate of drug-likeness (QED) is 0.873. The Morgan fingerprint density at radius 3 is 2.27 bits per heavy atom. The molecule has 0 bridgehead atoms. The number of hydrogen-bond acceptors (Lipinski definition) is 3. The minimum Gasteiger partial charge on any atom is -0.449 e. The third kappa shape index (κ3) is 3.21. The second-order valence-electron chi connectivity index (χ2n) is 7.30. The zero-order chi connectivity index (χ0) is 17.9. The second-order valence-corrected chi connectivity index (χ2v) is 7.30. The summed E-state index contributed by atoms with van der Waals surface area (Å²) in [7, 11) is 0. The van der Waals surface area contributed by atoms with Gasteiger partial charge in [-0.05, 0) is 35.1 Å². The van der Waals surface area contributed by atoms with Gasteiger partial charge in [0.05, 0.1) is 0 Å². The van der Waals surface area contributed by atoms with E-state index < -0.39 is 0 Å². The average Bonchev–Trinajstić information content (AvgIpc) is 3.01. The molecule has 2 atom stereocenters. The summed E-state index contributed by atoms with van der Waals surface area (Å²) in [5, 5.41) is 12.5. The van der Waals surface area contributed by atoms with Crippen LogP contribution in [0.15, 0.2) is 48.5 Å². The number of aliphatic hydroxyl groups is 1. The monoisotopic (exact) mass is 351 g/mol. The highest BCUT2D eigenvalue weighted by molar-refractivity contribution is 5.79. The highest BCUT2D eigenvalue weighted by Crippen LogP contribution is 2.44. The highest BCUT2D eigenvalue weighted by atomic mass is 16.5. The molecule has 2 aromatic rings. The first kappa shape index (κ1) is 17.1. The van der Waals surface area contributed by atoms with Gasteiger partial charge in [0.2, 0.25) is 0 Å². The largest absolute Gasteiger partial charge is 0.449 e. The van der Waals surface area contributed by atoms with E-state index in [9.17, 15) is 9.90 Å². The van der Waals surface area contributed by atoms with Crippen LogP contribution in [0.4, 0.5) is 4.79 Å². The SMILES string of the molecule is O=C(N[C@@H]1CCCC[C@H]1CO)OCC1c2ccccc2-c2ccccc21. The molecular formula is C22H25NO3. The molecule has 4 heteroatoms. The van der Waals surface area contributed by atoms with E-state index in [1.165, 1.54) is 22.3 Å². The van der Waals surface area contributed by atoms with Crippen LogP contribution in [0, 0.1) is 5.92 Å². The van der Waals surface area contributed by atoms with E-state index in [-0.39, 0.29) is 30.6 Å². The summed E-state index contributed by atoms with van der Waals surface area (Å²) in [4.78, 5) is 12.3. The summed E-state index contributed by atoms with van der Waals surface area (Å²) < 4.78 is 5.60. The first-order chi connectivity index (χ1) is 12.8. The lowest BCUT2D eigenvalue weighted by atomic mass is 9.85. The van der Waals surface area contributed by atoms with Crippen molar-refractivity contribution in [3.8, 4) is 11.1 Å². The van der Waals surface area contributed by atoms with Crippen LogP contribution >= 0.6 is 0 Å². The number of ether oxygens (including phenoxy) is 1. The number of amides is 1. The number of aliphatic hydroxyl groups excluding tert-OH is 1. The number of nitrogens with one attached hydrogen (secondary N) is 1. The van der Waals surface area contributed by atoms with E-state index in [1.807, 2.05) is 24.3 Å². The van der Waals surface area contributed by atoms with Crippen molar-refractivity contribution in [2.75, 3.05) is 13.2 Å². The van der Waals surface area contributed by atoms with Crippen LogP contribution in [0.1, 0.15) is 42.7 Å². The van der Waals surface area contributed by atoms with Crippen molar-refractivity contribution in [2.24, 2.45) is 5.92 Å². The maximum absolute atomic E-state index is 12.3. The molecule has 2 aromatic carbocycles. The molecule has 0 aliphatic heterocycles. The summed E-state index contributed by atoms with van der Waals surface area (Å²) in [6.45, 7) is 0.449. The summed E-state index contributed by atoms with van der Waals surface area (Å²) in [5.74, 6) is 0.220. The van der Waals surface area contributed by atoms with E-state index in [0.29, 0.717) is 6.61 Å². The van der Waals surface area contributed by atoms with Crippen molar-refractivity contribution < 1.29 is 14.6 Å². The van der Waals surface area contributed by atoms with Crippen LogP contribution in [-0.4, -0.2) is 30.5 Å². The van der Waals surface area contributed by atoms with Crippen LogP contribution in [0.3, 0.4) is 0 Å². The van der Waals surface area contributed by atoms with Gasteiger partial charge < -0.3 is 15.2 Å². The average molecular weight is 351 g/mol. The Hall–Kier alpha value is -2.33. The van der Waals surface area contributed by atoms with Crippen LogP contribution in [0.25, 0.3) is 11.1 Å². The molecule has 0 unspecified atom stereocenters. The molecule has 0 heterocycles. The van der Waals surface area contributed by atoms with Gasteiger partial charge in [-0.15, -0.1) is 0 Å². The summed E-state index contributed by atoms with van der Waals surface area (Å²) >= 11 is 0.